The molecule has 1 heterocycles. The lowest BCUT2D eigenvalue weighted by Gasteiger charge is -2.12. The van der Waals surface area contributed by atoms with Crippen LogP contribution in [0.15, 0.2) is 0 Å². The Kier molecular flexibility index (Phi) is 3.56. The molecule has 1 saturated heterocycles. The van der Waals surface area contributed by atoms with Crippen LogP contribution in [0.3, 0.4) is 0 Å². The maximum Gasteiger partial charge on any atom is 0.422 e. The molecule has 1 atom stereocenters. The minimum Gasteiger partial charge on any atom is -0.440 e. The lowest BCUT2D eigenvalue weighted by atomic mass is 10.3. The molecule has 0 spiro atoms. The van der Waals surface area contributed by atoms with Gasteiger partial charge in [0.05, 0.1) is 0 Å². The average Bonchev–Trinajstić information content (AvgIpc) is 2.52. The van der Waals surface area contributed by atoms with E-state index in [2.05, 4.69) is 15.4 Å². The maximum absolute atomic E-state index is 11.6. The van der Waals surface area contributed by atoms with Gasteiger partial charge in [0.25, 0.3) is 0 Å². The first-order valence-electron chi connectivity index (χ1n) is 4.18. The Labute approximate surface area is 78.8 Å². The molecule has 0 aromatic rings. The van der Waals surface area contributed by atoms with E-state index in [4.69, 9.17) is 0 Å². The van der Waals surface area contributed by atoms with Gasteiger partial charge in [-0.1, -0.05) is 0 Å². The lowest BCUT2D eigenvalue weighted by molar-refractivity contribution is -0.160. The van der Waals surface area contributed by atoms with Crippen LogP contribution in [0.25, 0.3) is 0 Å². The summed E-state index contributed by atoms with van der Waals surface area (Å²) in [4.78, 5) is 10.8. The standard InChI is InChI=1S/C7H11F3N2O2/c8-7(9,10)4-14-6(13)12-5-1-2-11-3-5/h5,11H,1-4H2,(H,12,13). The van der Waals surface area contributed by atoms with Crippen LogP contribution in [-0.2, 0) is 4.74 Å². The number of alkyl halides is 3. The van der Waals surface area contributed by atoms with E-state index in [0.717, 1.165) is 6.54 Å². The number of rotatable bonds is 2. The summed E-state index contributed by atoms with van der Waals surface area (Å²) < 4.78 is 38.8. The van der Waals surface area contributed by atoms with Gasteiger partial charge >= 0.3 is 12.3 Å². The summed E-state index contributed by atoms with van der Waals surface area (Å²) in [6.07, 6.45) is -4.78. The summed E-state index contributed by atoms with van der Waals surface area (Å²) in [6, 6.07) is -0.129. The summed E-state index contributed by atoms with van der Waals surface area (Å²) in [5, 5.41) is 5.29. The maximum atomic E-state index is 11.6. The highest BCUT2D eigenvalue weighted by atomic mass is 19.4. The Balaban J connectivity index is 2.15. The molecular weight excluding hydrogens is 201 g/mol. The van der Waals surface area contributed by atoms with Gasteiger partial charge in [-0.3, -0.25) is 0 Å². The third-order valence-corrected chi connectivity index (χ3v) is 1.75. The highest BCUT2D eigenvalue weighted by Crippen LogP contribution is 2.14. The van der Waals surface area contributed by atoms with E-state index in [9.17, 15) is 18.0 Å². The molecule has 0 aromatic heterocycles. The Hall–Kier alpha value is -0.980. The molecule has 1 aliphatic rings. The zero-order valence-corrected chi connectivity index (χ0v) is 7.36. The number of alkyl carbamates (subject to hydrolysis) is 1. The Bertz CT molecular complexity index is 202. The van der Waals surface area contributed by atoms with E-state index in [1.165, 1.54) is 0 Å². The summed E-state index contributed by atoms with van der Waals surface area (Å²) >= 11 is 0. The van der Waals surface area contributed by atoms with Crippen LogP contribution >= 0.6 is 0 Å². The van der Waals surface area contributed by atoms with Crippen molar-refractivity contribution in [3.63, 3.8) is 0 Å². The summed E-state index contributed by atoms with van der Waals surface area (Å²) in [6.45, 7) is -0.218. The van der Waals surface area contributed by atoms with Crippen LogP contribution in [0, 0.1) is 0 Å². The first kappa shape index (κ1) is 11.1. The number of halogens is 3. The van der Waals surface area contributed by atoms with Crippen molar-refractivity contribution in [3.8, 4) is 0 Å². The highest BCUT2D eigenvalue weighted by Gasteiger charge is 2.30. The van der Waals surface area contributed by atoms with Crippen molar-refractivity contribution >= 4 is 6.09 Å². The molecule has 0 aliphatic carbocycles. The summed E-state index contributed by atoms with van der Waals surface area (Å²) in [5.41, 5.74) is 0. The molecule has 0 bridgehead atoms. The van der Waals surface area contributed by atoms with Crippen molar-refractivity contribution in [2.24, 2.45) is 0 Å². The van der Waals surface area contributed by atoms with E-state index >= 15 is 0 Å². The fraction of sp³-hybridized carbons (Fsp3) is 0.857. The van der Waals surface area contributed by atoms with E-state index in [1.54, 1.807) is 0 Å². The van der Waals surface area contributed by atoms with Crippen LogP contribution < -0.4 is 10.6 Å². The molecule has 2 N–H and O–H groups in total. The van der Waals surface area contributed by atoms with Gasteiger partial charge in [-0.15, -0.1) is 0 Å². The van der Waals surface area contributed by atoms with Crippen molar-refractivity contribution in [2.45, 2.75) is 18.6 Å². The minimum absolute atomic E-state index is 0.129. The number of carbonyl (C=O) groups is 1. The first-order valence-corrected chi connectivity index (χ1v) is 4.18. The second kappa shape index (κ2) is 4.50. The summed E-state index contributed by atoms with van der Waals surface area (Å²) in [5.74, 6) is 0. The second-order valence-corrected chi connectivity index (χ2v) is 3.03. The molecule has 1 aliphatic heterocycles. The first-order chi connectivity index (χ1) is 6.47. The third-order valence-electron chi connectivity index (χ3n) is 1.75. The third kappa shape index (κ3) is 4.31. The Morgan fingerprint density at radius 2 is 2.29 bits per heavy atom. The van der Waals surface area contributed by atoms with Crippen LogP contribution in [0.4, 0.5) is 18.0 Å². The molecule has 1 amide bonds. The number of nitrogens with one attached hydrogen (secondary N) is 2. The number of hydrogen-bond acceptors (Lipinski definition) is 3. The van der Waals surface area contributed by atoms with Crippen molar-refractivity contribution in [1.82, 2.24) is 10.6 Å². The molecule has 1 rings (SSSR count). The fourth-order valence-corrected chi connectivity index (χ4v) is 1.13. The molecule has 0 aromatic carbocycles. The monoisotopic (exact) mass is 212 g/mol. The van der Waals surface area contributed by atoms with E-state index < -0.39 is 18.9 Å². The predicted molar refractivity (Wildman–Crippen MR) is 41.8 cm³/mol. The molecule has 0 radical (unpaired) electrons. The largest absolute Gasteiger partial charge is 0.440 e. The van der Waals surface area contributed by atoms with E-state index in [-0.39, 0.29) is 6.04 Å². The average molecular weight is 212 g/mol. The normalized spacial score (nSPS) is 22.1. The molecule has 4 nitrogen and oxygen atoms in total. The van der Waals surface area contributed by atoms with Crippen LogP contribution in [-0.4, -0.2) is 38.0 Å². The van der Waals surface area contributed by atoms with Gasteiger partial charge < -0.3 is 15.4 Å². The zero-order chi connectivity index (χ0) is 10.6. The number of carbonyl (C=O) groups excluding carboxylic acids is 1. The van der Waals surface area contributed by atoms with Gasteiger partial charge in [-0.2, -0.15) is 13.2 Å². The van der Waals surface area contributed by atoms with Crippen molar-refractivity contribution in [1.29, 1.82) is 0 Å². The Morgan fingerprint density at radius 1 is 1.57 bits per heavy atom. The molecule has 7 heteroatoms. The van der Waals surface area contributed by atoms with Crippen LogP contribution in [0.1, 0.15) is 6.42 Å². The highest BCUT2D eigenvalue weighted by molar-refractivity contribution is 5.67. The zero-order valence-electron chi connectivity index (χ0n) is 7.36. The second-order valence-electron chi connectivity index (χ2n) is 3.03. The number of amides is 1. The van der Waals surface area contributed by atoms with Gasteiger partial charge in [-0.25, -0.2) is 4.79 Å². The topological polar surface area (TPSA) is 50.4 Å². The van der Waals surface area contributed by atoms with Gasteiger partial charge in [0, 0.05) is 12.6 Å². The van der Waals surface area contributed by atoms with Crippen LogP contribution in [0.5, 0.6) is 0 Å². The molecule has 0 saturated carbocycles. The lowest BCUT2D eigenvalue weighted by Crippen LogP contribution is -2.38. The molecule has 82 valence electrons. The Morgan fingerprint density at radius 3 is 2.79 bits per heavy atom. The van der Waals surface area contributed by atoms with E-state index in [0.29, 0.717) is 13.0 Å². The summed E-state index contributed by atoms with van der Waals surface area (Å²) in [7, 11) is 0. The SMILES string of the molecule is O=C(NC1CCNC1)OCC(F)(F)F. The minimum atomic E-state index is -4.47. The quantitative estimate of drug-likeness (QED) is 0.706. The van der Waals surface area contributed by atoms with Gasteiger partial charge in [0.2, 0.25) is 0 Å². The van der Waals surface area contributed by atoms with Gasteiger partial charge in [-0.05, 0) is 13.0 Å². The molecule has 14 heavy (non-hydrogen) atoms. The van der Waals surface area contributed by atoms with E-state index in [1.807, 2.05) is 0 Å². The molecular formula is C7H11F3N2O2. The van der Waals surface area contributed by atoms with Gasteiger partial charge in [0.1, 0.15) is 0 Å². The van der Waals surface area contributed by atoms with Gasteiger partial charge in [0.15, 0.2) is 6.61 Å². The van der Waals surface area contributed by atoms with Crippen molar-refractivity contribution < 1.29 is 22.7 Å². The fourth-order valence-electron chi connectivity index (χ4n) is 1.13. The van der Waals surface area contributed by atoms with Crippen molar-refractivity contribution in [2.75, 3.05) is 19.7 Å². The number of hydrogen-bond donors (Lipinski definition) is 2. The predicted octanol–water partition coefficient (Wildman–Crippen LogP) is 0.637. The smallest absolute Gasteiger partial charge is 0.422 e. The molecule has 1 fully saturated rings. The van der Waals surface area contributed by atoms with Crippen LogP contribution in [0.2, 0.25) is 0 Å². The van der Waals surface area contributed by atoms with Crippen molar-refractivity contribution in [3.05, 3.63) is 0 Å². The molecule has 1 unspecified atom stereocenters. The number of ether oxygens (including phenoxy) is 1.